The molecule has 1 aliphatic rings. The van der Waals surface area contributed by atoms with Crippen LogP contribution in [0.4, 0.5) is 11.4 Å². The van der Waals surface area contributed by atoms with Crippen LogP contribution in [-0.2, 0) is 0 Å². The molecule has 4 nitrogen and oxygen atoms in total. The van der Waals surface area contributed by atoms with E-state index in [9.17, 15) is 4.79 Å². The number of carboxylic acids is 1. The van der Waals surface area contributed by atoms with Gasteiger partial charge in [0.1, 0.15) is 0 Å². The number of rotatable bonds is 2. The number of nitrogen functional groups attached to an aromatic ring is 1. The predicted octanol–water partition coefficient (Wildman–Crippen LogP) is 2.84. The Morgan fingerprint density at radius 1 is 1.37 bits per heavy atom. The van der Waals surface area contributed by atoms with Crippen molar-refractivity contribution in [2.45, 2.75) is 33.2 Å². The zero-order valence-electron chi connectivity index (χ0n) is 11.8. The smallest absolute Gasteiger partial charge is 0.335 e. The number of nitrogens with zero attached hydrogens (tertiary/aromatic N) is 1. The molecule has 3 atom stereocenters. The van der Waals surface area contributed by atoms with Gasteiger partial charge < -0.3 is 15.7 Å². The first-order valence-electron chi connectivity index (χ1n) is 6.79. The molecule has 0 spiro atoms. The third-order valence-corrected chi connectivity index (χ3v) is 4.18. The first-order chi connectivity index (χ1) is 8.90. The number of carbonyl (C=O) groups is 1. The molecule has 0 saturated carbocycles. The maximum Gasteiger partial charge on any atom is 0.335 e. The Labute approximate surface area is 114 Å². The van der Waals surface area contributed by atoms with Crippen LogP contribution >= 0.6 is 0 Å². The topological polar surface area (TPSA) is 66.6 Å². The number of piperidine rings is 1. The standard InChI is InChI=1S/C15H22N2O2/c1-9-6-10(2)11(3)17(8-9)14-5-4-12(15(18)19)7-13(14)16/h4-5,7,9-11H,6,8,16H2,1-3H3,(H,18,19). The molecule has 1 aliphatic heterocycles. The Kier molecular flexibility index (Phi) is 3.69. The summed E-state index contributed by atoms with van der Waals surface area (Å²) in [4.78, 5) is 13.2. The van der Waals surface area contributed by atoms with Crippen LogP contribution in [0, 0.1) is 11.8 Å². The number of benzene rings is 1. The third-order valence-electron chi connectivity index (χ3n) is 4.18. The van der Waals surface area contributed by atoms with Gasteiger partial charge in [0, 0.05) is 12.6 Å². The number of carboxylic acid groups (broad SMARTS) is 1. The predicted molar refractivity (Wildman–Crippen MR) is 77.6 cm³/mol. The fourth-order valence-electron chi connectivity index (χ4n) is 2.98. The van der Waals surface area contributed by atoms with E-state index in [0.717, 1.165) is 12.2 Å². The summed E-state index contributed by atoms with van der Waals surface area (Å²) < 4.78 is 0. The number of aromatic carboxylic acids is 1. The fourth-order valence-corrected chi connectivity index (χ4v) is 2.98. The molecule has 1 aromatic carbocycles. The van der Waals surface area contributed by atoms with Crippen LogP contribution in [-0.4, -0.2) is 23.7 Å². The summed E-state index contributed by atoms with van der Waals surface area (Å²) in [6, 6.07) is 5.44. The summed E-state index contributed by atoms with van der Waals surface area (Å²) in [5, 5.41) is 8.98. The molecule has 0 amide bonds. The van der Waals surface area contributed by atoms with E-state index in [1.807, 2.05) is 6.07 Å². The van der Waals surface area contributed by atoms with E-state index in [1.54, 1.807) is 12.1 Å². The Balaban J connectivity index is 2.32. The molecule has 1 aromatic rings. The monoisotopic (exact) mass is 262 g/mol. The molecular formula is C15H22N2O2. The Morgan fingerprint density at radius 3 is 2.63 bits per heavy atom. The second-order valence-electron chi connectivity index (χ2n) is 5.79. The van der Waals surface area contributed by atoms with Crippen molar-refractivity contribution in [3.8, 4) is 0 Å². The Morgan fingerprint density at radius 2 is 2.05 bits per heavy atom. The summed E-state index contributed by atoms with van der Waals surface area (Å²) in [7, 11) is 0. The van der Waals surface area contributed by atoms with Crippen molar-refractivity contribution in [1.82, 2.24) is 0 Å². The molecule has 104 valence electrons. The van der Waals surface area contributed by atoms with Crippen molar-refractivity contribution in [1.29, 1.82) is 0 Å². The highest BCUT2D eigenvalue weighted by molar-refractivity contribution is 5.90. The SMILES string of the molecule is CC1CC(C)C(C)N(c2ccc(C(=O)O)cc2N)C1. The summed E-state index contributed by atoms with van der Waals surface area (Å²) >= 11 is 0. The van der Waals surface area contributed by atoms with Gasteiger partial charge in [0.2, 0.25) is 0 Å². The van der Waals surface area contributed by atoms with Gasteiger partial charge in [0.25, 0.3) is 0 Å². The van der Waals surface area contributed by atoms with Crippen molar-refractivity contribution in [3.63, 3.8) is 0 Å². The Bertz CT molecular complexity index is 487. The first kappa shape index (κ1) is 13.7. The van der Waals surface area contributed by atoms with Gasteiger partial charge in [-0.25, -0.2) is 4.79 Å². The van der Waals surface area contributed by atoms with Crippen LogP contribution in [0.2, 0.25) is 0 Å². The summed E-state index contributed by atoms with van der Waals surface area (Å²) in [5.74, 6) is 0.304. The van der Waals surface area contributed by atoms with Gasteiger partial charge in [-0.1, -0.05) is 13.8 Å². The minimum Gasteiger partial charge on any atom is -0.478 e. The van der Waals surface area contributed by atoms with Crippen LogP contribution in [0.3, 0.4) is 0 Å². The summed E-state index contributed by atoms with van der Waals surface area (Å²) in [6.45, 7) is 7.69. The van der Waals surface area contributed by atoms with Crippen LogP contribution in [0.5, 0.6) is 0 Å². The van der Waals surface area contributed by atoms with Gasteiger partial charge in [-0.3, -0.25) is 0 Å². The summed E-state index contributed by atoms with van der Waals surface area (Å²) in [6.07, 6.45) is 1.23. The highest BCUT2D eigenvalue weighted by Gasteiger charge is 2.29. The van der Waals surface area contributed by atoms with Crippen LogP contribution < -0.4 is 10.6 Å². The largest absolute Gasteiger partial charge is 0.478 e. The van der Waals surface area contributed by atoms with E-state index in [2.05, 4.69) is 25.7 Å². The van der Waals surface area contributed by atoms with Gasteiger partial charge >= 0.3 is 5.97 Å². The number of hydrogen-bond donors (Lipinski definition) is 2. The van der Waals surface area contributed by atoms with Gasteiger partial charge in [0.15, 0.2) is 0 Å². The van der Waals surface area contributed by atoms with Gasteiger partial charge in [-0.05, 0) is 43.4 Å². The molecule has 4 heteroatoms. The molecule has 19 heavy (non-hydrogen) atoms. The van der Waals surface area contributed by atoms with E-state index >= 15 is 0 Å². The molecule has 0 bridgehead atoms. The molecule has 3 unspecified atom stereocenters. The maximum absolute atomic E-state index is 10.9. The number of nitrogens with two attached hydrogens (primary N) is 1. The molecule has 1 heterocycles. The molecule has 3 N–H and O–H groups in total. The second-order valence-corrected chi connectivity index (χ2v) is 5.79. The highest BCUT2D eigenvalue weighted by atomic mass is 16.4. The lowest BCUT2D eigenvalue weighted by atomic mass is 9.85. The normalized spacial score (nSPS) is 27.3. The van der Waals surface area contributed by atoms with Gasteiger partial charge in [0.05, 0.1) is 16.9 Å². The van der Waals surface area contributed by atoms with Gasteiger partial charge in [-0.2, -0.15) is 0 Å². The first-order valence-corrected chi connectivity index (χ1v) is 6.79. The second kappa shape index (κ2) is 5.11. The van der Waals surface area contributed by atoms with E-state index in [1.165, 1.54) is 6.42 Å². The minimum absolute atomic E-state index is 0.243. The zero-order valence-corrected chi connectivity index (χ0v) is 11.8. The lowest BCUT2D eigenvalue weighted by Crippen LogP contribution is -2.46. The molecule has 0 aliphatic carbocycles. The quantitative estimate of drug-likeness (QED) is 0.804. The van der Waals surface area contributed by atoms with Gasteiger partial charge in [-0.15, -0.1) is 0 Å². The van der Waals surface area contributed by atoms with E-state index in [0.29, 0.717) is 23.6 Å². The van der Waals surface area contributed by atoms with Crippen LogP contribution in [0.1, 0.15) is 37.6 Å². The molecular weight excluding hydrogens is 240 g/mol. The van der Waals surface area contributed by atoms with Crippen molar-refractivity contribution >= 4 is 17.3 Å². The van der Waals surface area contributed by atoms with Crippen LogP contribution in [0.25, 0.3) is 0 Å². The molecule has 1 fully saturated rings. The van der Waals surface area contributed by atoms with Crippen molar-refractivity contribution in [2.24, 2.45) is 11.8 Å². The highest BCUT2D eigenvalue weighted by Crippen LogP contribution is 2.34. The van der Waals surface area contributed by atoms with Crippen molar-refractivity contribution in [2.75, 3.05) is 17.2 Å². The fraction of sp³-hybridized carbons (Fsp3) is 0.533. The molecule has 0 aromatic heterocycles. The number of hydrogen-bond acceptors (Lipinski definition) is 3. The minimum atomic E-state index is -0.938. The van der Waals surface area contributed by atoms with E-state index in [4.69, 9.17) is 10.8 Å². The molecule has 2 rings (SSSR count). The maximum atomic E-state index is 10.9. The summed E-state index contributed by atoms with van der Waals surface area (Å²) in [5.41, 5.74) is 7.78. The van der Waals surface area contributed by atoms with Crippen LogP contribution in [0.15, 0.2) is 18.2 Å². The third kappa shape index (κ3) is 2.67. The van der Waals surface area contributed by atoms with Crippen molar-refractivity contribution in [3.05, 3.63) is 23.8 Å². The molecule has 0 radical (unpaired) electrons. The average molecular weight is 262 g/mol. The van der Waals surface area contributed by atoms with E-state index < -0.39 is 5.97 Å². The lowest BCUT2D eigenvalue weighted by molar-refractivity contribution is 0.0697. The zero-order chi connectivity index (χ0) is 14.2. The molecule has 1 saturated heterocycles. The lowest BCUT2D eigenvalue weighted by Gasteiger charge is -2.43. The van der Waals surface area contributed by atoms with E-state index in [-0.39, 0.29) is 5.56 Å². The average Bonchev–Trinajstić information content (AvgIpc) is 2.33. The Hall–Kier alpha value is -1.71. The van der Waals surface area contributed by atoms with Crippen molar-refractivity contribution < 1.29 is 9.90 Å². The number of anilines is 2.